The molecule has 3 atom stereocenters. The van der Waals surface area contributed by atoms with Crippen molar-refractivity contribution >= 4 is 23.4 Å². The Kier molecular flexibility index (Phi) is 4.58. The molecule has 0 amide bonds. The summed E-state index contributed by atoms with van der Waals surface area (Å²) in [6.45, 7) is 6.53. The lowest BCUT2D eigenvalue weighted by Gasteiger charge is -2.44. The van der Waals surface area contributed by atoms with Gasteiger partial charge in [-0.2, -0.15) is 5.10 Å². The molecular weight excluding hydrogens is 416 g/mol. The molecule has 0 saturated heterocycles. The molecule has 1 aromatic carbocycles. The number of carbonyl (C=O) groups excluding carboxylic acids is 1. The number of ether oxygens (including phenoxy) is 2. The Morgan fingerprint density at radius 3 is 2.87 bits per heavy atom. The lowest BCUT2D eigenvalue weighted by molar-refractivity contribution is -0.160. The molecule has 9 heteroatoms. The van der Waals surface area contributed by atoms with E-state index < -0.39 is 23.7 Å². The lowest BCUT2D eigenvalue weighted by Crippen LogP contribution is -2.58. The van der Waals surface area contributed by atoms with Crippen LogP contribution in [0.15, 0.2) is 46.3 Å². The first-order valence-electron chi connectivity index (χ1n) is 10.3. The fraction of sp³-hybridized carbons (Fsp3) is 0.364. The van der Waals surface area contributed by atoms with Gasteiger partial charge in [0.25, 0.3) is 5.56 Å². The van der Waals surface area contributed by atoms with E-state index in [1.165, 1.54) is 11.3 Å². The maximum atomic E-state index is 13.5. The van der Waals surface area contributed by atoms with Crippen LogP contribution in [0.25, 0.3) is 6.08 Å². The fourth-order valence-corrected chi connectivity index (χ4v) is 5.38. The van der Waals surface area contributed by atoms with Crippen molar-refractivity contribution in [2.45, 2.75) is 39.1 Å². The quantitative estimate of drug-likeness (QED) is 0.576. The van der Waals surface area contributed by atoms with Crippen LogP contribution >= 0.6 is 11.3 Å². The van der Waals surface area contributed by atoms with Gasteiger partial charge in [-0.3, -0.25) is 18.8 Å². The molecule has 4 heterocycles. The minimum Gasteiger partial charge on any atom is -0.466 e. The van der Waals surface area contributed by atoms with Crippen LogP contribution in [0, 0.1) is 5.92 Å². The summed E-state index contributed by atoms with van der Waals surface area (Å²) in [5.74, 6) is -0.575. The van der Waals surface area contributed by atoms with E-state index in [2.05, 4.69) is 5.10 Å². The van der Waals surface area contributed by atoms with E-state index in [9.17, 15) is 9.59 Å². The Labute approximate surface area is 182 Å². The molecule has 160 valence electrons. The molecule has 2 bridgehead atoms. The number of hydrogen-bond acceptors (Lipinski definition) is 7. The fourth-order valence-electron chi connectivity index (χ4n) is 4.30. The molecule has 2 aliphatic rings. The van der Waals surface area contributed by atoms with Crippen molar-refractivity contribution < 1.29 is 14.3 Å². The third kappa shape index (κ3) is 3.03. The SMILES string of the molecule is CCOC(=O)[C@@H]1[C@@H]2c3ccccc3O[C@]1(C)N=c1s/c(=C/c3ccn(CC)n3)c(=O)n12. The molecule has 0 aliphatic carbocycles. The monoisotopic (exact) mass is 438 g/mol. The number of benzene rings is 1. The maximum Gasteiger partial charge on any atom is 0.317 e. The van der Waals surface area contributed by atoms with E-state index in [1.54, 1.807) is 29.2 Å². The number of thiazole rings is 1. The van der Waals surface area contributed by atoms with Crippen molar-refractivity contribution in [1.29, 1.82) is 0 Å². The van der Waals surface area contributed by atoms with Gasteiger partial charge in [0.15, 0.2) is 4.80 Å². The first-order chi connectivity index (χ1) is 14.9. The van der Waals surface area contributed by atoms with Gasteiger partial charge in [-0.05, 0) is 39.0 Å². The number of rotatable bonds is 4. The summed E-state index contributed by atoms with van der Waals surface area (Å²) in [5, 5.41) is 4.45. The summed E-state index contributed by atoms with van der Waals surface area (Å²) >= 11 is 1.28. The smallest absolute Gasteiger partial charge is 0.317 e. The number of aryl methyl sites for hydroxylation is 1. The van der Waals surface area contributed by atoms with Crippen LogP contribution in [-0.2, 0) is 16.1 Å². The number of fused-ring (bicyclic) bond motifs is 6. The summed E-state index contributed by atoms with van der Waals surface area (Å²) in [6.07, 6.45) is 3.63. The number of carbonyl (C=O) groups is 1. The highest BCUT2D eigenvalue weighted by atomic mass is 32.1. The molecule has 0 spiro atoms. The second kappa shape index (κ2) is 7.19. The van der Waals surface area contributed by atoms with Crippen LogP contribution in [0.1, 0.15) is 38.1 Å². The van der Waals surface area contributed by atoms with Gasteiger partial charge < -0.3 is 9.47 Å². The molecule has 5 rings (SSSR count). The number of aromatic nitrogens is 3. The largest absolute Gasteiger partial charge is 0.466 e. The van der Waals surface area contributed by atoms with Crippen molar-refractivity contribution in [2.24, 2.45) is 10.9 Å². The van der Waals surface area contributed by atoms with Crippen LogP contribution in [0.2, 0.25) is 0 Å². The highest BCUT2D eigenvalue weighted by Gasteiger charge is 2.55. The molecule has 0 radical (unpaired) electrons. The highest BCUT2D eigenvalue weighted by Crippen LogP contribution is 2.47. The molecular formula is C22H22N4O4S. The Bertz CT molecular complexity index is 1350. The zero-order chi connectivity index (χ0) is 21.8. The normalized spacial score (nSPS) is 24.0. The van der Waals surface area contributed by atoms with Crippen molar-refractivity contribution in [1.82, 2.24) is 14.3 Å². The zero-order valence-electron chi connectivity index (χ0n) is 17.4. The summed E-state index contributed by atoms with van der Waals surface area (Å²) < 4.78 is 15.5. The molecule has 3 aromatic rings. The minimum absolute atomic E-state index is 0.201. The van der Waals surface area contributed by atoms with E-state index in [1.807, 2.05) is 43.5 Å². The Morgan fingerprint density at radius 1 is 1.32 bits per heavy atom. The van der Waals surface area contributed by atoms with E-state index in [0.29, 0.717) is 20.8 Å². The predicted octanol–water partition coefficient (Wildman–Crippen LogP) is 1.47. The van der Waals surface area contributed by atoms with Crippen molar-refractivity contribution in [2.75, 3.05) is 6.61 Å². The van der Waals surface area contributed by atoms with Gasteiger partial charge in [0, 0.05) is 18.3 Å². The molecule has 0 N–H and O–H groups in total. The summed E-state index contributed by atoms with van der Waals surface area (Å²) in [7, 11) is 0. The van der Waals surface area contributed by atoms with E-state index >= 15 is 0 Å². The first kappa shape index (κ1) is 19.7. The topological polar surface area (TPSA) is 87.7 Å². The van der Waals surface area contributed by atoms with Gasteiger partial charge in [-0.1, -0.05) is 29.5 Å². The summed E-state index contributed by atoms with van der Waals surface area (Å²) in [5.41, 5.74) is 0.110. The highest BCUT2D eigenvalue weighted by molar-refractivity contribution is 7.07. The van der Waals surface area contributed by atoms with Gasteiger partial charge in [0.1, 0.15) is 11.7 Å². The van der Waals surface area contributed by atoms with Gasteiger partial charge in [0.05, 0.1) is 22.9 Å². The molecule has 2 aromatic heterocycles. The summed E-state index contributed by atoms with van der Waals surface area (Å²) in [4.78, 5) is 31.7. The van der Waals surface area contributed by atoms with E-state index in [0.717, 1.165) is 12.1 Å². The van der Waals surface area contributed by atoms with E-state index in [-0.39, 0.29) is 12.2 Å². The molecule has 31 heavy (non-hydrogen) atoms. The molecule has 0 fully saturated rings. The number of esters is 1. The standard InChI is InChI=1S/C22H22N4O4S/c1-4-25-11-10-13(24-25)12-16-19(27)26-18-14-8-6-7-9-15(14)30-22(3,23-21(26)31-16)17(18)20(28)29-5-2/h6-12,17-18H,4-5H2,1-3H3/b16-12+/t17-,18-,22-/m0/s1. The number of para-hydroxylation sites is 1. The summed E-state index contributed by atoms with van der Waals surface area (Å²) in [6, 6.07) is 8.77. The third-order valence-electron chi connectivity index (χ3n) is 5.68. The van der Waals surface area contributed by atoms with Gasteiger partial charge in [0.2, 0.25) is 5.72 Å². The average molecular weight is 439 g/mol. The van der Waals surface area contributed by atoms with Crippen molar-refractivity contribution in [3.63, 3.8) is 0 Å². The van der Waals surface area contributed by atoms with Crippen LogP contribution < -0.4 is 19.6 Å². The van der Waals surface area contributed by atoms with Crippen molar-refractivity contribution in [3.8, 4) is 5.75 Å². The van der Waals surface area contributed by atoms with Crippen LogP contribution in [0.3, 0.4) is 0 Å². The Balaban J connectivity index is 1.75. The van der Waals surface area contributed by atoms with Gasteiger partial charge in [-0.15, -0.1) is 0 Å². The van der Waals surface area contributed by atoms with Crippen LogP contribution in [-0.4, -0.2) is 32.6 Å². The minimum atomic E-state index is -1.16. The Morgan fingerprint density at radius 2 is 2.13 bits per heavy atom. The second-order valence-corrected chi connectivity index (χ2v) is 8.65. The predicted molar refractivity (Wildman–Crippen MR) is 115 cm³/mol. The van der Waals surface area contributed by atoms with Crippen molar-refractivity contribution in [3.05, 3.63) is 67.5 Å². The molecule has 0 unspecified atom stereocenters. The first-order valence-corrected chi connectivity index (χ1v) is 11.1. The number of hydrogen-bond donors (Lipinski definition) is 0. The average Bonchev–Trinajstić information content (AvgIpc) is 3.31. The van der Waals surface area contributed by atoms with Gasteiger partial charge in [-0.25, -0.2) is 4.99 Å². The second-order valence-electron chi connectivity index (χ2n) is 7.65. The molecule has 2 aliphatic heterocycles. The Hall–Kier alpha value is -3.20. The van der Waals surface area contributed by atoms with Crippen LogP contribution in [0.5, 0.6) is 5.75 Å². The zero-order valence-corrected chi connectivity index (χ0v) is 18.3. The van der Waals surface area contributed by atoms with Gasteiger partial charge >= 0.3 is 5.97 Å². The third-order valence-corrected chi connectivity index (χ3v) is 6.67. The lowest BCUT2D eigenvalue weighted by atomic mass is 9.81. The molecule has 0 saturated carbocycles. The van der Waals surface area contributed by atoms with E-state index in [4.69, 9.17) is 14.5 Å². The van der Waals surface area contributed by atoms with Crippen LogP contribution in [0.4, 0.5) is 0 Å². The number of nitrogens with zero attached hydrogens (tertiary/aromatic N) is 4. The molecule has 8 nitrogen and oxygen atoms in total. The maximum absolute atomic E-state index is 13.5.